The van der Waals surface area contributed by atoms with Crippen LogP contribution in [0.5, 0.6) is 0 Å². The number of rotatable bonds is 4. The van der Waals surface area contributed by atoms with Crippen molar-refractivity contribution < 1.29 is 24.5 Å². The molecule has 114 valence electrons. The van der Waals surface area contributed by atoms with Crippen LogP contribution >= 0.6 is 0 Å². The fourth-order valence-corrected chi connectivity index (χ4v) is 2.52. The van der Waals surface area contributed by atoms with Crippen LogP contribution < -0.4 is 5.32 Å². The Hall–Kier alpha value is -1.38. The van der Waals surface area contributed by atoms with E-state index in [-0.39, 0.29) is 13.0 Å². The molecule has 2 fully saturated rings. The molecular weight excluding hydrogens is 266 g/mol. The zero-order chi connectivity index (χ0) is 14.5. The van der Waals surface area contributed by atoms with E-state index >= 15 is 0 Å². The second-order valence-electron chi connectivity index (χ2n) is 5.08. The summed E-state index contributed by atoms with van der Waals surface area (Å²) in [5.41, 5.74) is 0. The molecule has 2 atom stereocenters. The number of carbonyl (C=O) groups is 2. The van der Waals surface area contributed by atoms with Crippen molar-refractivity contribution in [2.45, 2.75) is 18.6 Å². The first kappa shape index (κ1) is 15.0. The van der Waals surface area contributed by atoms with Gasteiger partial charge in [-0.05, 0) is 0 Å². The molecule has 0 spiro atoms. The summed E-state index contributed by atoms with van der Waals surface area (Å²) in [6, 6.07) is -1.37. The Morgan fingerprint density at radius 1 is 1.30 bits per heavy atom. The number of carboxylic acid groups (broad SMARTS) is 1. The van der Waals surface area contributed by atoms with Crippen molar-refractivity contribution in [2.75, 3.05) is 45.9 Å². The summed E-state index contributed by atoms with van der Waals surface area (Å²) < 4.78 is 5.23. The van der Waals surface area contributed by atoms with Gasteiger partial charge in [0.15, 0.2) is 0 Å². The standard InChI is InChI=1S/C12H21N3O5/c16-9-7-10(11(17)18)15(8-9)12(19)13-1-2-14-3-5-20-6-4-14/h9-10,16H,1-8H2,(H,13,19)(H,17,18)/t9-,10-/m0/s1. The van der Waals surface area contributed by atoms with Gasteiger partial charge in [-0.25, -0.2) is 9.59 Å². The lowest BCUT2D eigenvalue weighted by molar-refractivity contribution is -0.141. The highest BCUT2D eigenvalue weighted by atomic mass is 16.5. The van der Waals surface area contributed by atoms with Gasteiger partial charge in [0.25, 0.3) is 0 Å². The number of carbonyl (C=O) groups excluding carboxylic acids is 1. The van der Waals surface area contributed by atoms with E-state index in [1.807, 2.05) is 0 Å². The minimum atomic E-state index is -1.08. The summed E-state index contributed by atoms with van der Waals surface area (Å²) in [5.74, 6) is -1.08. The van der Waals surface area contributed by atoms with Gasteiger partial charge in [0, 0.05) is 39.1 Å². The van der Waals surface area contributed by atoms with E-state index in [0.29, 0.717) is 26.3 Å². The Labute approximate surface area is 117 Å². The van der Waals surface area contributed by atoms with E-state index in [9.17, 15) is 14.7 Å². The van der Waals surface area contributed by atoms with Crippen molar-refractivity contribution >= 4 is 12.0 Å². The molecule has 0 aromatic heterocycles. The number of ether oxygens (including phenoxy) is 1. The first-order valence-electron chi connectivity index (χ1n) is 6.83. The van der Waals surface area contributed by atoms with Crippen molar-refractivity contribution in [3.05, 3.63) is 0 Å². The summed E-state index contributed by atoms with van der Waals surface area (Å²) in [4.78, 5) is 26.3. The maximum Gasteiger partial charge on any atom is 0.326 e. The van der Waals surface area contributed by atoms with Crippen LogP contribution in [-0.4, -0.2) is 90.1 Å². The fraction of sp³-hybridized carbons (Fsp3) is 0.833. The second-order valence-corrected chi connectivity index (χ2v) is 5.08. The van der Waals surface area contributed by atoms with Crippen LogP contribution in [0.1, 0.15) is 6.42 Å². The lowest BCUT2D eigenvalue weighted by Crippen LogP contribution is -2.48. The van der Waals surface area contributed by atoms with Gasteiger partial charge in [-0.3, -0.25) is 4.90 Å². The largest absolute Gasteiger partial charge is 0.480 e. The van der Waals surface area contributed by atoms with E-state index in [1.54, 1.807) is 0 Å². The normalized spacial score (nSPS) is 27.6. The molecule has 20 heavy (non-hydrogen) atoms. The molecule has 8 heteroatoms. The number of carboxylic acids is 1. The maximum absolute atomic E-state index is 11.9. The minimum Gasteiger partial charge on any atom is -0.480 e. The second kappa shape index (κ2) is 6.87. The van der Waals surface area contributed by atoms with Crippen molar-refractivity contribution in [1.29, 1.82) is 0 Å². The van der Waals surface area contributed by atoms with Gasteiger partial charge in [-0.2, -0.15) is 0 Å². The number of nitrogens with one attached hydrogen (secondary N) is 1. The van der Waals surface area contributed by atoms with E-state index in [1.165, 1.54) is 4.90 Å². The number of morpholine rings is 1. The van der Waals surface area contributed by atoms with Gasteiger partial charge in [0.2, 0.25) is 0 Å². The topological polar surface area (TPSA) is 102 Å². The molecule has 2 aliphatic rings. The van der Waals surface area contributed by atoms with Crippen LogP contribution in [0.2, 0.25) is 0 Å². The zero-order valence-electron chi connectivity index (χ0n) is 11.3. The summed E-state index contributed by atoms with van der Waals surface area (Å²) in [6.07, 6.45) is -0.673. The molecule has 2 amide bonds. The maximum atomic E-state index is 11.9. The number of amides is 2. The highest BCUT2D eigenvalue weighted by molar-refractivity contribution is 5.83. The van der Waals surface area contributed by atoms with Crippen LogP contribution in [-0.2, 0) is 9.53 Å². The van der Waals surface area contributed by atoms with Gasteiger partial charge in [-0.1, -0.05) is 0 Å². The molecule has 0 aromatic rings. The smallest absolute Gasteiger partial charge is 0.326 e. The fourth-order valence-electron chi connectivity index (χ4n) is 2.52. The van der Waals surface area contributed by atoms with Gasteiger partial charge in [0.05, 0.1) is 19.3 Å². The lowest BCUT2D eigenvalue weighted by atomic mass is 10.2. The van der Waals surface area contributed by atoms with Crippen molar-refractivity contribution in [1.82, 2.24) is 15.1 Å². The zero-order valence-corrected chi connectivity index (χ0v) is 11.3. The van der Waals surface area contributed by atoms with Gasteiger partial charge < -0.3 is 25.2 Å². The highest BCUT2D eigenvalue weighted by Gasteiger charge is 2.38. The molecule has 8 nitrogen and oxygen atoms in total. The molecule has 0 bridgehead atoms. The number of nitrogens with zero attached hydrogens (tertiary/aromatic N) is 2. The number of aliphatic hydroxyl groups excluding tert-OH is 1. The quantitative estimate of drug-likeness (QED) is 0.584. The highest BCUT2D eigenvalue weighted by Crippen LogP contribution is 2.17. The molecule has 0 unspecified atom stereocenters. The number of aliphatic hydroxyl groups is 1. The van der Waals surface area contributed by atoms with Crippen LogP contribution in [0.4, 0.5) is 4.79 Å². The molecule has 2 rings (SSSR count). The summed E-state index contributed by atoms with van der Waals surface area (Å²) >= 11 is 0. The molecule has 3 N–H and O–H groups in total. The number of β-amino-alcohol motifs (C(OH)–C–C–N with tert-alkyl or cyclic N) is 1. The third kappa shape index (κ3) is 3.81. The Kier molecular flexibility index (Phi) is 5.16. The number of hydrogen-bond donors (Lipinski definition) is 3. The molecule has 2 aliphatic heterocycles. The SMILES string of the molecule is O=C(O)[C@@H]1C[C@H](O)CN1C(=O)NCCN1CCOCC1. The Bertz CT molecular complexity index is 359. The van der Waals surface area contributed by atoms with Crippen molar-refractivity contribution in [3.63, 3.8) is 0 Å². The Morgan fingerprint density at radius 3 is 2.65 bits per heavy atom. The van der Waals surface area contributed by atoms with Gasteiger partial charge in [0.1, 0.15) is 6.04 Å². The minimum absolute atomic E-state index is 0.0698. The number of urea groups is 1. The van der Waals surface area contributed by atoms with Crippen LogP contribution in [0.3, 0.4) is 0 Å². The average molecular weight is 287 g/mol. The van der Waals surface area contributed by atoms with E-state index in [0.717, 1.165) is 13.1 Å². The molecule has 2 saturated heterocycles. The van der Waals surface area contributed by atoms with E-state index in [4.69, 9.17) is 9.84 Å². The third-order valence-electron chi connectivity index (χ3n) is 3.63. The predicted molar refractivity (Wildman–Crippen MR) is 69.4 cm³/mol. The van der Waals surface area contributed by atoms with Gasteiger partial charge >= 0.3 is 12.0 Å². The molecule has 2 heterocycles. The van der Waals surface area contributed by atoms with Crippen LogP contribution in [0.15, 0.2) is 0 Å². The molecule has 0 saturated carbocycles. The lowest BCUT2D eigenvalue weighted by Gasteiger charge is -2.27. The van der Waals surface area contributed by atoms with Crippen LogP contribution in [0, 0.1) is 0 Å². The monoisotopic (exact) mass is 287 g/mol. The number of hydrogen-bond acceptors (Lipinski definition) is 5. The van der Waals surface area contributed by atoms with Crippen molar-refractivity contribution in [2.24, 2.45) is 0 Å². The third-order valence-corrected chi connectivity index (χ3v) is 3.63. The van der Waals surface area contributed by atoms with E-state index in [2.05, 4.69) is 10.2 Å². The first-order chi connectivity index (χ1) is 9.58. The summed E-state index contributed by atoms with van der Waals surface area (Å²) in [6.45, 7) is 4.33. The van der Waals surface area contributed by atoms with Gasteiger partial charge in [-0.15, -0.1) is 0 Å². The molecule has 0 aliphatic carbocycles. The Morgan fingerprint density at radius 2 is 2.00 bits per heavy atom. The molecule has 0 aromatic carbocycles. The summed E-state index contributed by atoms with van der Waals surface area (Å²) in [7, 11) is 0. The predicted octanol–water partition coefficient (Wildman–Crippen LogP) is -1.45. The number of aliphatic carboxylic acids is 1. The Balaban J connectivity index is 1.74. The van der Waals surface area contributed by atoms with E-state index < -0.39 is 24.1 Å². The average Bonchev–Trinajstić information content (AvgIpc) is 2.82. The molecule has 0 radical (unpaired) electrons. The summed E-state index contributed by atoms with van der Waals surface area (Å²) in [5, 5.41) is 21.2. The number of likely N-dealkylation sites (tertiary alicyclic amines) is 1. The van der Waals surface area contributed by atoms with Crippen molar-refractivity contribution in [3.8, 4) is 0 Å². The first-order valence-corrected chi connectivity index (χ1v) is 6.83. The van der Waals surface area contributed by atoms with Crippen LogP contribution in [0.25, 0.3) is 0 Å². The molecular formula is C12H21N3O5.